The summed E-state index contributed by atoms with van der Waals surface area (Å²) in [6, 6.07) is -0.152. The maximum absolute atomic E-state index is 13.4. The molecule has 1 aromatic rings. The molecule has 8 heteroatoms. The van der Waals surface area contributed by atoms with Gasteiger partial charge in [-0.05, 0) is 37.5 Å². The molecule has 4 amide bonds. The number of likely N-dealkylation sites (tertiary alicyclic amines) is 1. The minimum atomic E-state index is -0.816. The Morgan fingerprint density at radius 2 is 2.00 bits per heavy atom. The number of piperidine rings is 1. The Kier molecular flexibility index (Phi) is 4.89. The quantitative estimate of drug-likeness (QED) is 0.723. The van der Waals surface area contributed by atoms with E-state index in [-0.39, 0.29) is 29.5 Å². The molecule has 152 valence electrons. The lowest BCUT2D eigenvalue weighted by Gasteiger charge is -2.42. The van der Waals surface area contributed by atoms with Crippen LogP contribution in [0.4, 0.5) is 4.79 Å². The van der Waals surface area contributed by atoms with Gasteiger partial charge in [0.1, 0.15) is 5.54 Å². The summed E-state index contributed by atoms with van der Waals surface area (Å²) >= 11 is 0. The largest absolute Gasteiger partial charge is 0.438 e. The van der Waals surface area contributed by atoms with Gasteiger partial charge in [-0.3, -0.25) is 14.5 Å². The molecule has 2 saturated heterocycles. The first kappa shape index (κ1) is 19.0. The molecule has 0 bridgehead atoms. The Balaban J connectivity index is 1.52. The molecular formula is C20H28N4O4. The van der Waals surface area contributed by atoms with Crippen LogP contribution in [0.2, 0.25) is 0 Å². The van der Waals surface area contributed by atoms with Crippen molar-refractivity contribution in [3.63, 3.8) is 0 Å². The van der Waals surface area contributed by atoms with Crippen molar-refractivity contribution in [3.05, 3.63) is 18.4 Å². The molecule has 8 nitrogen and oxygen atoms in total. The van der Waals surface area contributed by atoms with Crippen LogP contribution in [0.1, 0.15) is 56.5 Å². The zero-order chi connectivity index (χ0) is 19.9. The summed E-state index contributed by atoms with van der Waals surface area (Å²) in [5.41, 5.74) is -0.816. The van der Waals surface area contributed by atoms with Crippen molar-refractivity contribution in [2.24, 2.45) is 11.8 Å². The van der Waals surface area contributed by atoms with Crippen LogP contribution in [-0.2, 0) is 4.79 Å². The molecule has 3 fully saturated rings. The van der Waals surface area contributed by atoms with Gasteiger partial charge in [-0.15, -0.1) is 0 Å². The Labute approximate surface area is 164 Å². The molecule has 1 spiro atoms. The number of amides is 4. The SMILES string of the molecule is CC(C)CN1C(=O)N(CC2CCC2)C(=O)C12CCN(C(=O)c1cnco1)CC2. The number of carbonyl (C=O) groups is 3. The zero-order valence-corrected chi connectivity index (χ0v) is 16.6. The fraction of sp³-hybridized carbons (Fsp3) is 0.700. The molecule has 1 saturated carbocycles. The van der Waals surface area contributed by atoms with E-state index < -0.39 is 5.54 Å². The van der Waals surface area contributed by atoms with E-state index in [2.05, 4.69) is 18.8 Å². The second-order valence-electron chi connectivity index (χ2n) is 8.69. The number of carbonyl (C=O) groups excluding carboxylic acids is 3. The second-order valence-corrected chi connectivity index (χ2v) is 8.69. The highest BCUT2D eigenvalue weighted by Crippen LogP contribution is 2.40. The number of aromatic nitrogens is 1. The topological polar surface area (TPSA) is 87.0 Å². The summed E-state index contributed by atoms with van der Waals surface area (Å²) in [6.45, 7) is 6.05. The predicted octanol–water partition coefficient (Wildman–Crippen LogP) is 2.37. The van der Waals surface area contributed by atoms with Gasteiger partial charge in [0, 0.05) is 26.2 Å². The van der Waals surface area contributed by atoms with Gasteiger partial charge in [-0.2, -0.15) is 0 Å². The number of urea groups is 1. The number of rotatable bonds is 5. The van der Waals surface area contributed by atoms with Crippen molar-refractivity contribution >= 4 is 17.8 Å². The van der Waals surface area contributed by atoms with Crippen LogP contribution in [0.25, 0.3) is 0 Å². The summed E-state index contributed by atoms with van der Waals surface area (Å²) < 4.78 is 5.11. The normalized spacial score (nSPS) is 22.5. The summed E-state index contributed by atoms with van der Waals surface area (Å²) in [5.74, 6) is 0.626. The first-order chi connectivity index (χ1) is 13.4. The molecule has 2 aliphatic heterocycles. The molecule has 0 unspecified atom stereocenters. The molecule has 3 aliphatic rings. The van der Waals surface area contributed by atoms with Crippen molar-refractivity contribution in [1.82, 2.24) is 19.7 Å². The van der Waals surface area contributed by atoms with E-state index in [0.29, 0.717) is 44.9 Å². The molecule has 0 radical (unpaired) electrons. The summed E-state index contributed by atoms with van der Waals surface area (Å²) in [4.78, 5) is 47.8. The third kappa shape index (κ3) is 3.08. The third-order valence-electron chi connectivity index (χ3n) is 6.36. The lowest BCUT2D eigenvalue weighted by atomic mass is 9.83. The number of imide groups is 1. The summed E-state index contributed by atoms with van der Waals surface area (Å²) in [5, 5.41) is 0. The lowest BCUT2D eigenvalue weighted by Crippen LogP contribution is -2.58. The minimum absolute atomic E-state index is 0.0724. The molecule has 3 heterocycles. The van der Waals surface area contributed by atoms with E-state index in [1.54, 1.807) is 9.80 Å². The summed E-state index contributed by atoms with van der Waals surface area (Å²) in [6.07, 6.45) is 6.93. The Morgan fingerprint density at radius 3 is 2.54 bits per heavy atom. The maximum atomic E-state index is 13.4. The summed E-state index contributed by atoms with van der Waals surface area (Å²) in [7, 11) is 0. The van der Waals surface area contributed by atoms with Crippen molar-refractivity contribution in [3.8, 4) is 0 Å². The van der Waals surface area contributed by atoms with Crippen LogP contribution in [0.5, 0.6) is 0 Å². The second kappa shape index (κ2) is 7.22. The number of hydrogen-bond donors (Lipinski definition) is 0. The highest BCUT2D eigenvalue weighted by atomic mass is 16.3. The van der Waals surface area contributed by atoms with Crippen molar-refractivity contribution in [1.29, 1.82) is 0 Å². The van der Waals surface area contributed by atoms with Gasteiger partial charge in [0.25, 0.3) is 11.8 Å². The lowest BCUT2D eigenvalue weighted by molar-refractivity contribution is -0.136. The molecular weight excluding hydrogens is 360 g/mol. The smallest absolute Gasteiger partial charge is 0.327 e. The van der Waals surface area contributed by atoms with Gasteiger partial charge >= 0.3 is 6.03 Å². The van der Waals surface area contributed by atoms with Gasteiger partial charge in [-0.1, -0.05) is 20.3 Å². The first-order valence-electron chi connectivity index (χ1n) is 10.2. The average Bonchev–Trinajstić information content (AvgIpc) is 3.23. The molecule has 1 aliphatic carbocycles. The van der Waals surface area contributed by atoms with Gasteiger partial charge in [0.15, 0.2) is 6.39 Å². The third-order valence-corrected chi connectivity index (χ3v) is 6.36. The van der Waals surface area contributed by atoms with Gasteiger partial charge in [0.05, 0.1) is 6.20 Å². The average molecular weight is 388 g/mol. The van der Waals surface area contributed by atoms with Crippen LogP contribution in [0, 0.1) is 11.8 Å². The van der Waals surface area contributed by atoms with Crippen LogP contribution >= 0.6 is 0 Å². The Bertz CT molecular complexity index is 748. The van der Waals surface area contributed by atoms with Crippen molar-refractivity contribution in [2.75, 3.05) is 26.2 Å². The molecule has 28 heavy (non-hydrogen) atoms. The van der Waals surface area contributed by atoms with Crippen LogP contribution in [0.3, 0.4) is 0 Å². The maximum Gasteiger partial charge on any atom is 0.327 e. The Hall–Kier alpha value is -2.38. The first-order valence-corrected chi connectivity index (χ1v) is 10.2. The number of oxazole rings is 1. The predicted molar refractivity (Wildman–Crippen MR) is 100 cm³/mol. The van der Waals surface area contributed by atoms with E-state index in [1.807, 2.05) is 0 Å². The van der Waals surface area contributed by atoms with Crippen LogP contribution < -0.4 is 0 Å². The van der Waals surface area contributed by atoms with Crippen molar-refractivity contribution in [2.45, 2.75) is 51.5 Å². The molecule has 0 atom stereocenters. The van der Waals surface area contributed by atoms with Crippen LogP contribution in [-0.4, -0.2) is 69.2 Å². The number of nitrogens with zero attached hydrogens (tertiary/aromatic N) is 4. The van der Waals surface area contributed by atoms with E-state index in [0.717, 1.165) is 12.8 Å². The van der Waals surface area contributed by atoms with Gasteiger partial charge in [0.2, 0.25) is 5.76 Å². The Morgan fingerprint density at radius 1 is 1.29 bits per heavy atom. The molecule has 4 rings (SSSR count). The monoisotopic (exact) mass is 388 g/mol. The number of hydrogen-bond acceptors (Lipinski definition) is 5. The van der Waals surface area contributed by atoms with Gasteiger partial charge < -0.3 is 14.2 Å². The van der Waals surface area contributed by atoms with E-state index in [9.17, 15) is 14.4 Å². The minimum Gasteiger partial charge on any atom is -0.438 e. The van der Waals surface area contributed by atoms with E-state index in [1.165, 1.54) is 23.9 Å². The molecule has 0 N–H and O–H groups in total. The molecule has 1 aromatic heterocycles. The van der Waals surface area contributed by atoms with E-state index >= 15 is 0 Å². The van der Waals surface area contributed by atoms with Crippen molar-refractivity contribution < 1.29 is 18.8 Å². The van der Waals surface area contributed by atoms with E-state index in [4.69, 9.17) is 4.42 Å². The zero-order valence-electron chi connectivity index (χ0n) is 16.6. The standard InChI is InChI=1S/C20H28N4O4/c1-14(2)11-24-19(27)23(12-15-4-3-5-15)18(26)20(24)6-8-22(9-7-20)17(25)16-10-21-13-28-16/h10,13-15H,3-9,11-12H2,1-2H3. The molecule has 0 aromatic carbocycles. The highest BCUT2D eigenvalue weighted by Gasteiger charge is 2.58. The fourth-order valence-electron chi connectivity index (χ4n) is 4.54. The van der Waals surface area contributed by atoms with Crippen LogP contribution in [0.15, 0.2) is 17.0 Å². The van der Waals surface area contributed by atoms with Gasteiger partial charge in [-0.25, -0.2) is 9.78 Å². The highest BCUT2D eigenvalue weighted by molar-refractivity contribution is 6.07. The fourth-order valence-corrected chi connectivity index (χ4v) is 4.54.